The number of nitrogens with one attached hydrogen (secondary N) is 1. The minimum Gasteiger partial charge on any atom is -0.349 e. The van der Waals surface area contributed by atoms with Crippen LogP contribution in [0.25, 0.3) is 21.9 Å². The van der Waals surface area contributed by atoms with Gasteiger partial charge < -0.3 is 4.98 Å². The van der Waals surface area contributed by atoms with Gasteiger partial charge in [-0.15, -0.1) is 0 Å². The van der Waals surface area contributed by atoms with Crippen LogP contribution in [0.4, 0.5) is 4.39 Å². The Kier molecular flexibility index (Phi) is 3.48. The van der Waals surface area contributed by atoms with Crippen LogP contribution in [0.15, 0.2) is 41.0 Å². The average Bonchev–Trinajstić information content (AvgIpc) is 2.94. The van der Waals surface area contributed by atoms with E-state index in [2.05, 4.69) is 16.0 Å². The van der Waals surface area contributed by atoms with Gasteiger partial charge in [-0.25, -0.2) is 9.37 Å². The number of fused-ring (bicyclic) bond motifs is 3. The van der Waals surface area contributed by atoms with Crippen molar-refractivity contribution in [2.45, 2.75) is 38.6 Å². The summed E-state index contributed by atoms with van der Waals surface area (Å²) >= 11 is 0. The SMILES string of the molecule is O=c1c2[nH]c3ccc(F)cc3c2ncn1CCC1=CCCCC1. The topological polar surface area (TPSA) is 50.7 Å². The standard InChI is InChI=1S/C18H18FN3O/c19-13-6-7-15-14(10-13)16-17(21-15)18(23)22(11-20-16)9-8-12-4-2-1-3-5-12/h4,6-7,10-11,21H,1-3,5,8-9H2. The molecular weight excluding hydrogens is 293 g/mol. The van der Waals surface area contributed by atoms with Crippen LogP contribution < -0.4 is 5.56 Å². The summed E-state index contributed by atoms with van der Waals surface area (Å²) in [6, 6.07) is 4.44. The van der Waals surface area contributed by atoms with Gasteiger partial charge in [0, 0.05) is 17.4 Å². The Morgan fingerprint density at radius 1 is 1.30 bits per heavy atom. The zero-order chi connectivity index (χ0) is 15.8. The number of hydrogen-bond acceptors (Lipinski definition) is 2. The smallest absolute Gasteiger partial charge is 0.277 e. The fraction of sp³-hybridized carbons (Fsp3) is 0.333. The summed E-state index contributed by atoms with van der Waals surface area (Å²) in [5.74, 6) is -0.325. The third-order valence-electron chi connectivity index (χ3n) is 4.59. The molecule has 0 unspecified atom stereocenters. The number of allylic oxidation sites excluding steroid dienone is 2. The van der Waals surface area contributed by atoms with E-state index in [1.165, 1.54) is 30.5 Å². The molecule has 0 amide bonds. The van der Waals surface area contributed by atoms with Crippen molar-refractivity contribution in [1.29, 1.82) is 0 Å². The van der Waals surface area contributed by atoms with Crippen molar-refractivity contribution in [1.82, 2.24) is 14.5 Å². The number of aromatic amines is 1. The molecule has 0 saturated heterocycles. The fourth-order valence-corrected chi connectivity index (χ4v) is 3.32. The van der Waals surface area contributed by atoms with Crippen molar-refractivity contribution in [3.05, 3.63) is 52.3 Å². The highest BCUT2D eigenvalue weighted by atomic mass is 19.1. The lowest BCUT2D eigenvalue weighted by Gasteiger charge is -2.13. The quantitative estimate of drug-likeness (QED) is 0.746. The molecule has 2 aromatic heterocycles. The molecule has 0 bridgehead atoms. The van der Waals surface area contributed by atoms with Gasteiger partial charge in [0.15, 0.2) is 0 Å². The first-order valence-corrected chi connectivity index (χ1v) is 8.07. The first-order chi connectivity index (χ1) is 11.2. The molecule has 0 aliphatic heterocycles. The average molecular weight is 311 g/mol. The summed E-state index contributed by atoms with van der Waals surface area (Å²) in [5.41, 5.74) is 3.06. The largest absolute Gasteiger partial charge is 0.349 e. The number of aryl methyl sites for hydroxylation is 1. The number of aromatic nitrogens is 3. The molecule has 0 atom stereocenters. The van der Waals surface area contributed by atoms with Crippen molar-refractivity contribution in [2.75, 3.05) is 0 Å². The Morgan fingerprint density at radius 2 is 2.22 bits per heavy atom. The van der Waals surface area contributed by atoms with Gasteiger partial charge in [0.25, 0.3) is 5.56 Å². The third-order valence-corrected chi connectivity index (χ3v) is 4.59. The van der Waals surface area contributed by atoms with E-state index in [0.29, 0.717) is 23.0 Å². The van der Waals surface area contributed by atoms with E-state index < -0.39 is 0 Å². The van der Waals surface area contributed by atoms with E-state index in [-0.39, 0.29) is 11.4 Å². The molecule has 23 heavy (non-hydrogen) atoms. The summed E-state index contributed by atoms with van der Waals surface area (Å²) in [6.07, 6.45) is 9.56. The van der Waals surface area contributed by atoms with Gasteiger partial charge in [-0.2, -0.15) is 0 Å². The van der Waals surface area contributed by atoms with Crippen LogP contribution >= 0.6 is 0 Å². The van der Waals surface area contributed by atoms with E-state index in [1.54, 1.807) is 17.0 Å². The van der Waals surface area contributed by atoms with E-state index in [4.69, 9.17) is 0 Å². The van der Waals surface area contributed by atoms with Gasteiger partial charge in [-0.1, -0.05) is 11.6 Å². The number of benzene rings is 1. The molecule has 0 fully saturated rings. The van der Waals surface area contributed by atoms with Crippen molar-refractivity contribution in [3.63, 3.8) is 0 Å². The molecule has 4 nitrogen and oxygen atoms in total. The Hall–Kier alpha value is -2.43. The molecule has 4 rings (SSSR count). The molecule has 0 saturated carbocycles. The zero-order valence-corrected chi connectivity index (χ0v) is 12.8. The first-order valence-electron chi connectivity index (χ1n) is 8.07. The maximum Gasteiger partial charge on any atom is 0.277 e. The second-order valence-corrected chi connectivity index (χ2v) is 6.14. The molecule has 0 radical (unpaired) electrons. The van der Waals surface area contributed by atoms with E-state index in [0.717, 1.165) is 24.8 Å². The monoisotopic (exact) mass is 311 g/mol. The highest BCUT2D eigenvalue weighted by molar-refractivity contribution is 6.04. The lowest BCUT2D eigenvalue weighted by atomic mass is 9.97. The first kappa shape index (κ1) is 14.2. The van der Waals surface area contributed by atoms with Gasteiger partial charge in [0.05, 0.1) is 6.33 Å². The second-order valence-electron chi connectivity index (χ2n) is 6.14. The third kappa shape index (κ3) is 2.56. The lowest BCUT2D eigenvalue weighted by molar-refractivity contribution is 0.610. The van der Waals surface area contributed by atoms with E-state index >= 15 is 0 Å². The predicted molar refractivity (Wildman–Crippen MR) is 89.0 cm³/mol. The van der Waals surface area contributed by atoms with Crippen molar-refractivity contribution in [3.8, 4) is 0 Å². The minimum atomic E-state index is -0.325. The van der Waals surface area contributed by atoms with Crippen molar-refractivity contribution >= 4 is 21.9 Å². The summed E-state index contributed by atoms with van der Waals surface area (Å²) in [7, 11) is 0. The number of halogens is 1. The van der Waals surface area contributed by atoms with E-state index in [1.807, 2.05) is 0 Å². The molecule has 5 heteroatoms. The number of nitrogens with zero attached hydrogens (tertiary/aromatic N) is 2. The normalized spacial score (nSPS) is 15.3. The van der Waals surface area contributed by atoms with Gasteiger partial charge in [-0.3, -0.25) is 9.36 Å². The predicted octanol–water partition coefficient (Wildman–Crippen LogP) is 3.91. The highest BCUT2D eigenvalue weighted by Crippen LogP contribution is 2.23. The molecule has 1 aliphatic carbocycles. The van der Waals surface area contributed by atoms with Crippen LogP contribution in [0.1, 0.15) is 32.1 Å². The van der Waals surface area contributed by atoms with Gasteiger partial charge in [0.2, 0.25) is 0 Å². The number of hydrogen-bond donors (Lipinski definition) is 1. The van der Waals surface area contributed by atoms with Crippen LogP contribution in [0.2, 0.25) is 0 Å². The van der Waals surface area contributed by atoms with Gasteiger partial charge >= 0.3 is 0 Å². The summed E-state index contributed by atoms with van der Waals surface area (Å²) in [4.78, 5) is 20.1. The van der Waals surface area contributed by atoms with Crippen LogP contribution in [0.5, 0.6) is 0 Å². The van der Waals surface area contributed by atoms with Crippen LogP contribution in [-0.2, 0) is 6.54 Å². The minimum absolute atomic E-state index is 0.0944. The lowest BCUT2D eigenvalue weighted by Crippen LogP contribution is -2.21. The summed E-state index contributed by atoms with van der Waals surface area (Å²) in [5, 5.41) is 0.652. The van der Waals surface area contributed by atoms with Gasteiger partial charge in [-0.05, 0) is 50.3 Å². The molecule has 1 aromatic carbocycles. The molecule has 0 spiro atoms. The Bertz CT molecular complexity index is 967. The molecule has 1 N–H and O–H groups in total. The Morgan fingerprint density at radius 3 is 3.04 bits per heavy atom. The van der Waals surface area contributed by atoms with Crippen molar-refractivity contribution < 1.29 is 4.39 Å². The molecular formula is C18H18FN3O. The van der Waals surface area contributed by atoms with Gasteiger partial charge in [0.1, 0.15) is 16.9 Å². The Labute approximate surface area is 132 Å². The number of H-pyrrole nitrogens is 1. The number of rotatable bonds is 3. The summed E-state index contributed by atoms with van der Waals surface area (Å²) < 4.78 is 15.1. The molecule has 2 heterocycles. The highest BCUT2D eigenvalue weighted by Gasteiger charge is 2.12. The maximum absolute atomic E-state index is 13.4. The van der Waals surface area contributed by atoms with Crippen LogP contribution in [0, 0.1) is 5.82 Å². The van der Waals surface area contributed by atoms with E-state index in [9.17, 15) is 9.18 Å². The molecule has 1 aliphatic rings. The van der Waals surface area contributed by atoms with Crippen LogP contribution in [-0.4, -0.2) is 14.5 Å². The maximum atomic E-state index is 13.4. The Balaban J connectivity index is 1.71. The molecule has 3 aromatic rings. The van der Waals surface area contributed by atoms with Crippen molar-refractivity contribution in [2.24, 2.45) is 0 Å². The second kappa shape index (κ2) is 5.65. The molecule has 118 valence electrons. The van der Waals surface area contributed by atoms with Crippen LogP contribution in [0.3, 0.4) is 0 Å². The summed E-state index contributed by atoms with van der Waals surface area (Å²) in [6.45, 7) is 0.636. The zero-order valence-electron chi connectivity index (χ0n) is 12.8. The fourth-order valence-electron chi connectivity index (χ4n) is 3.32.